The van der Waals surface area contributed by atoms with Crippen LogP contribution in [-0.2, 0) is 6.42 Å². The molecular weight excluding hydrogens is 256 g/mol. The molecule has 20 heavy (non-hydrogen) atoms. The molecule has 0 atom stereocenters. The van der Waals surface area contributed by atoms with Gasteiger partial charge in [-0.2, -0.15) is 5.10 Å². The van der Waals surface area contributed by atoms with E-state index in [9.17, 15) is 4.79 Å². The van der Waals surface area contributed by atoms with E-state index in [0.29, 0.717) is 24.1 Å². The molecule has 1 amide bonds. The van der Waals surface area contributed by atoms with E-state index < -0.39 is 0 Å². The van der Waals surface area contributed by atoms with Crippen molar-refractivity contribution in [3.05, 3.63) is 47.5 Å². The lowest BCUT2D eigenvalue weighted by Crippen LogP contribution is -2.26. The van der Waals surface area contributed by atoms with E-state index in [4.69, 9.17) is 5.11 Å². The Morgan fingerprint density at radius 1 is 1.40 bits per heavy atom. The molecule has 102 valence electrons. The van der Waals surface area contributed by atoms with Gasteiger partial charge in [0.1, 0.15) is 18.8 Å². The first kappa shape index (κ1) is 13.8. The van der Waals surface area contributed by atoms with E-state index in [-0.39, 0.29) is 12.5 Å². The molecule has 2 aromatic rings. The van der Waals surface area contributed by atoms with Gasteiger partial charge in [-0.1, -0.05) is 24.0 Å². The maximum atomic E-state index is 12.1. The number of nitrogens with one attached hydrogen (secondary N) is 2. The number of rotatable bonds is 4. The molecule has 3 N–H and O–H groups in total. The van der Waals surface area contributed by atoms with Crippen molar-refractivity contribution in [1.82, 2.24) is 20.5 Å². The first-order chi connectivity index (χ1) is 9.81. The zero-order valence-corrected chi connectivity index (χ0v) is 10.8. The highest BCUT2D eigenvalue weighted by Gasteiger charge is 2.09. The van der Waals surface area contributed by atoms with Crippen molar-refractivity contribution in [2.45, 2.75) is 6.42 Å². The van der Waals surface area contributed by atoms with Gasteiger partial charge in [0.15, 0.2) is 0 Å². The molecule has 0 saturated carbocycles. The predicted octanol–water partition coefficient (Wildman–Crippen LogP) is 0.121. The lowest BCUT2D eigenvalue weighted by Gasteiger charge is -2.05. The SMILES string of the molecule is O=C(NCCc1ncn[nH]1)c1ccccc1C#CCO. The summed E-state index contributed by atoms with van der Waals surface area (Å²) < 4.78 is 0. The molecule has 0 radical (unpaired) electrons. The third kappa shape index (κ3) is 3.67. The average molecular weight is 270 g/mol. The number of aliphatic hydroxyl groups excluding tert-OH is 1. The minimum atomic E-state index is -0.235. The highest BCUT2D eigenvalue weighted by molar-refractivity contribution is 5.96. The average Bonchev–Trinajstić information content (AvgIpc) is 2.98. The molecule has 0 fully saturated rings. The van der Waals surface area contributed by atoms with Gasteiger partial charge in [0, 0.05) is 18.5 Å². The molecule has 6 nitrogen and oxygen atoms in total. The highest BCUT2D eigenvalue weighted by atomic mass is 16.2. The second kappa shape index (κ2) is 7.07. The fourth-order valence-electron chi connectivity index (χ4n) is 1.67. The molecule has 1 aromatic heterocycles. The second-order valence-corrected chi connectivity index (χ2v) is 3.94. The Hall–Kier alpha value is -2.65. The van der Waals surface area contributed by atoms with Gasteiger partial charge in [0.2, 0.25) is 0 Å². The Morgan fingerprint density at radius 2 is 2.25 bits per heavy atom. The van der Waals surface area contributed by atoms with Crippen molar-refractivity contribution >= 4 is 5.91 Å². The highest BCUT2D eigenvalue weighted by Crippen LogP contribution is 2.07. The molecular formula is C14H14N4O2. The largest absolute Gasteiger partial charge is 0.384 e. The summed E-state index contributed by atoms with van der Waals surface area (Å²) in [7, 11) is 0. The molecule has 6 heteroatoms. The minimum absolute atomic E-state index is 0.202. The van der Waals surface area contributed by atoms with Crippen LogP contribution < -0.4 is 5.32 Å². The third-order valence-corrected chi connectivity index (χ3v) is 2.59. The summed E-state index contributed by atoms with van der Waals surface area (Å²) in [6.07, 6.45) is 2.01. The maximum Gasteiger partial charge on any atom is 0.252 e. The van der Waals surface area contributed by atoms with E-state index in [1.807, 2.05) is 0 Å². The number of hydrogen-bond acceptors (Lipinski definition) is 4. The van der Waals surface area contributed by atoms with Crippen LogP contribution in [0.1, 0.15) is 21.7 Å². The number of benzene rings is 1. The van der Waals surface area contributed by atoms with Gasteiger partial charge in [-0.05, 0) is 12.1 Å². The molecule has 0 aliphatic rings. The van der Waals surface area contributed by atoms with Crippen molar-refractivity contribution in [3.8, 4) is 11.8 Å². The van der Waals surface area contributed by atoms with Crippen molar-refractivity contribution in [3.63, 3.8) is 0 Å². The Labute approximate surface area is 116 Å². The van der Waals surface area contributed by atoms with E-state index >= 15 is 0 Å². The molecule has 0 bridgehead atoms. The van der Waals surface area contributed by atoms with Gasteiger partial charge in [-0.25, -0.2) is 4.98 Å². The summed E-state index contributed by atoms with van der Waals surface area (Å²) in [6.45, 7) is 0.219. The number of carbonyl (C=O) groups excluding carboxylic acids is 1. The first-order valence-electron chi connectivity index (χ1n) is 6.12. The summed E-state index contributed by atoms with van der Waals surface area (Å²) >= 11 is 0. The van der Waals surface area contributed by atoms with Crippen LogP contribution in [0.3, 0.4) is 0 Å². The van der Waals surface area contributed by atoms with Crippen LogP contribution in [0.25, 0.3) is 0 Å². The molecule has 0 aliphatic heterocycles. The first-order valence-corrected chi connectivity index (χ1v) is 6.12. The minimum Gasteiger partial charge on any atom is -0.384 e. The Bertz CT molecular complexity index is 626. The van der Waals surface area contributed by atoms with Gasteiger partial charge >= 0.3 is 0 Å². The van der Waals surface area contributed by atoms with E-state index in [1.165, 1.54) is 6.33 Å². The fraction of sp³-hybridized carbons (Fsp3) is 0.214. The molecule has 0 unspecified atom stereocenters. The normalized spacial score (nSPS) is 9.65. The quantitative estimate of drug-likeness (QED) is 0.688. The van der Waals surface area contributed by atoms with Crippen molar-refractivity contribution in [2.24, 2.45) is 0 Å². The van der Waals surface area contributed by atoms with Gasteiger partial charge in [0.25, 0.3) is 5.91 Å². The fourth-order valence-corrected chi connectivity index (χ4v) is 1.67. The zero-order valence-electron chi connectivity index (χ0n) is 10.8. The van der Waals surface area contributed by atoms with E-state index in [2.05, 4.69) is 32.3 Å². The van der Waals surface area contributed by atoms with Crippen LogP contribution in [0.15, 0.2) is 30.6 Å². The summed E-state index contributed by atoms with van der Waals surface area (Å²) in [5, 5.41) is 18.0. The molecule has 0 aliphatic carbocycles. The molecule has 1 aromatic carbocycles. The lowest BCUT2D eigenvalue weighted by atomic mass is 10.1. The standard InChI is InChI=1S/C14H14N4O2/c19-9-3-5-11-4-1-2-6-12(11)14(20)15-8-7-13-16-10-17-18-13/h1-2,4,6,10,19H,7-9H2,(H,15,20)(H,16,17,18). The summed E-state index contributed by atoms with van der Waals surface area (Å²) in [5.41, 5.74) is 1.09. The van der Waals surface area contributed by atoms with Crippen molar-refractivity contribution in [1.29, 1.82) is 0 Å². The monoisotopic (exact) mass is 270 g/mol. The maximum absolute atomic E-state index is 12.1. The smallest absolute Gasteiger partial charge is 0.252 e. The number of H-pyrrole nitrogens is 1. The number of nitrogens with zero attached hydrogens (tertiary/aromatic N) is 2. The van der Waals surface area contributed by atoms with E-state index in [0.717, 1.165) is 5.82 Å². The van der Waals surface area contributed by atoms with Gasteiger partial charge < -0.3 is 10.4 Å². The van der Waals surface area contributed by atoms with Crippen LogP contribution in [0.2, 0.25) is 0 Å². The van der Waals surface area contributed by atoms with Crippen LogP contribution in [0.5, 0.6) is 0 Å². The molecule has 0 saturated heterocycles. The summed E-state index contributed by atoms with van der Waals surface area (Å²) in [5.74, 6) is 5.82. The van der Waals surface area contributed by atoms with Gasteiger partial charge in [-0.15, -0.1) is 0 Å². The van der Waals surface area contributed by atoms with Gasteiger partial charge in [0.05, 0.1) is 5.56 Å². The summed E-state index contributed by atoms with van der Waals surface area (Å²) in [4.78, 5) is 16.0. The molecule has 1 heterocycles. The zero-order chi connectivity index (χ0) is 14.2. The number of aromatic amines is 1. The lowest BCUT2D eigenvalue weighted by molar-refractivity contribution is 0.0953. The number of carbonyl (C=O) groups is 1. The number of amides is 1. The van der Waals surface area contributed by atoms with Gasteiger partial charge in [-0.3, -0.25) is 9.89 Å². The topological polar surface area (TPSA) is 90.9 Å². The number of aromatic nitrogens is 3. The predicted molar refractivity (Wildman–Crippen MR) is 72.8 cm³/mol. The number of hydrogen-bond donors (Lipinski definition) is 3. The molecule has 0 spiro atoms. The van der Waals surface area contributed by atoms with Crippen LogP contribution in [0, 0.1) is 11.8 Å². The van der Waals surface area contributed by atoms with Crippen molar-refractivity contribution in [2.75, 3.05) is 13.2 Å². The summed E-state index contributed by atoms with van der Waals surface area (Å²) in [6, 6.07) is 7.02. The number of aliphatic hydroxyl groups is 1. The second-order valence-electron chi connectivity index (χ2n) is 3.94. The molecule has 2 rings (SSSR count). The van der Waals surface area contributed by atoms with Crippen LogP contribution in [-0.4, -0.2) is 39.3 Å². The van der Waals surface area contributed by atoms with Crippen molar-refractivity contribution < 1.29 is 9.90 Å². The Balaban J connectivity index is 1.98. The Morgan fingerprint density at radius 3 is 3.00 bits per heavy atom. The van der Waals surface area contributed by atoms with Crippen LogP contribution >= 0.6 is 0 Å². The third-order valence-electron chi connectivity index (χ3n) is 2.59. The van der Waals surface area contributed by atoms with Crippen LogP contribution in [0.4, 0.5) is 0 Å². The Kier molecular flexibility index (Phi) is 4.87. The van der Waals surface area contributed by atoms with E-state index in [1.54, 1.807) is 24.3 Å².